The van der Waals surface area contributed by atoms with E-state index in [4.69, 9.17) is 5.73 Å². The van der Waals surface area contributed by atoms with Gasteiger partial charge in [0.25, 0.3) is 0 Å². The minimum absolute atomic E-state index is 0.0895. The number of nitrogens with two attached hydrogens (primary N) is 1. The van der Waals surface area contributed by atoms with Crippen molar-refractivity contribution in [2.45, 2.75) is 72.3 Å². The molecule has 126 valence electrons. The Labute approximate surface area is 143 Å². The van der Waals surface area contributed by atoms with E-state index in [1.54, 1.807) is 0 Å². The van der Waals surface area contributed by atoms with Crippen LogP contribution in [0.3, 0.4) is 0 Å². The lowest BCUT2D eigenvalue weighted by atomic mass is 9.85. The molecule has 2 N–H and O–H groups in total. The molecule has 2 rings (SSSR count). The van der Waals surface area contributed by atoms with Gasteiger partial charge in [-0.3, -0.25) is 0 Å². The highest BCUT2D eigenvalue weighted by Crippen LogP contribution is 2.26. The van der Waals surface area contributed by atoms with Gasteiger partial charge >= 0.3 is 0 Å². The highest BCUT2D eigenvalue weighted by molar-refractivity contribution is 7.15. The van der Waals surface area contributed by atoms with Crippen molar-refractivity contribution in [3.05, 3.63) is 34.1 Å². The maximum atomic E-state index is 5.70. The van der Waals surface area contributed by atoms with Crippen LogP contribution < -0.4 is 10.3 Å². The molecular formula is C18H29N4S+. The zero-order chi connectivity index (χ0) is 17.4. The predicted molar refractivity (Wildman–Crippen MR) is 96.8 cm³/mol. The van der Waals surface area contributed by atoms with Crippen LogP contribution in [-0.4, -0.2) is 10.2 Å². The number of rotatable bonds is 3. The van der Waals surface area contributed by atoms with Crippen molar-refractivity contribution in [2.24, 2.45) is 0 Å². The van der Waals surface area contributed by atoms with Crippen LogP contribution in [0.2, 0.25) is 0 Å². The number of anilines is 1. The highest BCUT2D eigenvalue weighted by Gasteiger charge is 2.33. The Balaban J connectivity index is 2.49. The Hall–Kier alpha value is -1.49. The topological polar surface area (TPSA) is 55.7 Å². The fourth-order valence-electron chi connectivity index (χ4n) is 2.82. The van der Waals surface area contributed by atoms with Gasteiger partial charge in [0, 0.05) is 23.0 Å². The lowest BCUT2D eigenvalue weighted by molar-refractivity contribution is -0.716. The van der Waals surface area contributed by atoms with Crippen LogP contribution in [0.5, 0.6) is 0 Å². The number of nitrogens with zero attached hydrogens (tertiary/aromatic N) is 3. The first kappa shape index (κ1) is 17.9. The molecule has 2 heterocycles. The lowest BCUT2D eigenvalue weighted by Gasteiger charge is -2.24. The molecule has 0 aromatic carbocycles. The van der Waals surface area contributed by atoms with E-state index in [1.165, 1.54) is 28.3 Å². The summed E-state index contributed by atoms with van der Waals surface area (Å²) in [4.78, 5) is 0. The molecule has 23 heavy (non-hydrogen) atoms. The average molecular weight is 334 g/mol. The smallest absolute Gasteiger partial charge is 0.203 e. The van der Waals surface area contributed by atoms with Crippen LogP contribution in [0, 0.1) is 6.92 Å². The van der Waals surface area contributed by atoms with E-state index >= 15 is 0 Å². The summed E-state index contributed by atoms with van der Waals surface area (Å²) in [7, 11) is 0. The zero-order valence-corrected chi connectivity index (χ0v) is 16.2. The van der Waals surface area contributed by atoms with Gasteiger partial charge in [0.1, 0.15) is 5.01 Å². The number of aromatic nitrogens is 3. The molecule has 0 amide bonds. The molecule has 0 aliphatic rings. The Bertz CT molecular complexity index is 655. The van der Waals surface area contributed by atoms with Crippen molar-refractivity contribution >= 4 is 16.5 Å². The van der Waals surface area contributed by atoms with Crippen molar-refractivity contribution in [1.29, 1.82) is 0 Å². The van der Waals surface area contributed by atoms with E-state index < -0.39 is 0 Å². The van der Waals surface area contributed by atoms with Crippen molar-refractivity contribution < 1.29 is 4.57 Å². The van der Waals surface area contributed by atoms with Crippen LogP contribution in [0.4, 0.5) is 5.13 Å². The number of aryl methyl sites for hydroxylation is 2. The number of hydrogen-bond donors (Lipinski definition) is 1. The van der Waals surface area contributed by atoms with Gasteiger partial charge in [-0.25, -0.2) is 0 Å². The summed E-state index contributed by atoms with van der Waals surface area (Å²) in [5.74, 6) is 0. The standard InChI is InChI=1S/C18H29N4S/c1-12-10-13(17(2,3)4)22(14(11-12)18(5,6)7)9-8-15-20-21-16(19)23-15/h10-11H,8-9H2,1-7H3,(H2,19,21)/q+1. The maximum Gasteiger partial charge on any atom is 0.203 e. The van der Waals surface area contributed by atoms with E-state index in [0.717, 1.165) is 18.0 Å². The van der Waals surface area contributed by atoms with E-state index in [2.05, 4.69) is 75.4 Å². The summed E-state index contributed by atoms with van der Waals surface area (Å²) >= 11 is 1.48. The van der Waals surface area contributed by atoms with Gasteiger partial charge in [0.2, 0.25) is 5.13 Å². The average Bonchev–Trinajstić information content (AvgIpc) is 2.80. The van der Waals surface area contributed by atoms with Gasteiger partial charge < -0.3 is 5.73 Å². The van der Waals surface area contributed by atoms with E-state index in [-0.39, 0.29) is 10.8 Å². The molecule has 0 spiro atoms. The molecule has 0 saturated heterocycles. The normalized spacial score (nSPS) is 12.7. The third-order valence-corrected chi connectivity index (χ3v) is 4.69. The molecule has 0 aliphatic heterocycles. The molecule has 5 heteroatoms. The van der Waals surface area contributed by atoms with Gasteiger partial charge in [-0.2, -0.15) is 4.57 Å². The molecule has 2 aromatic heterocycles. The fraction of sp³-hybridized carbons (Fsp3) is 0.611. The third kappa shape index (κ3) is 4.28. The first-order chi connectivity index (χ1) is 10.5. The van der Waals surface area contributed by atoms with Crippen molar-refractivity contribution in [3.8, 4) is 0 Å². The molecule has 0 saturated carbocycles. The Morgan fingerprint density at radius 3 is 1.91 bits per heavy atom. The van der Waals surface area contributed by atoms with Crippen LogP contribution in [-0.2, 0) is 23.8 Å². The molecule has 0 radical (unpaired) electrons. The summed E-state index contributed by atoms with van der Waals surface area (Å²) in [6, 6.07) is 4.62. The van der Waals surface area contributed by atoms with Gasteiger partial charge in [0.05, 0.1) is 6.42 Å². The Morgan fingerprint density at radius 2 is 1.52 bits per heavy atom. The summed E-state index contributed by atoms with van der Waals surface area (Å²) in [6.45, 7) is 16.7. The van der Waals surface area contributed by atoms with Gasteiger partial charge in [-0.15, -0.1) is 10.2 Å². The second-order valence-electron chi connectivity index (χ2n) is 8.24. The van der Waals surface area contributed by atoms with Gasteiger partial charge in [-0.1, -0.05) is 52.9 Å². The molecule has 0 unspecified atom stereocenters. The van der Waals surface area contributed by atoms with E-state index in [1.807, 2.05) is 0 Å². The molecule has 0 fully saturated rings. The number of pyridine rings is 1. The first-order valence-corrected chi connectivity index (χ1v) is 8.93. The fourth-order valence-corrected chi connectivity index (χ4v) is 3.42. The lowest BCUT2D eigenvalue weighted by Crippen LogP contribution is -2.50. The third-order valence-electron chi connectivity index (χ3n) is 3.88. The molecular weight excluding hydrogens is 304 g/mol. The first-order valence-electron chi connectivity index (χ1n) is 8.12. The Kier molecular flexibility index (Phi) is 4.81. The minimum atomic E-state index is 0.0895. The van der Waals surface area contributed by atoms with Crippen molar-refractivity contribution in [1.82, 2.24) is 10.2 Å². The number of nitrogen functional groups attached to an aromatic ring is 1. The van der Waals surface area contributed by atoms with Gasteiger partial charge in [-0.05, 0) is 12.5 Å². The molecule has 0 aliphatic carbocycles. The van der Waals surface area contributed by atoms with Crippen molar-refractivity contribution in [2.75, 3.05) is 5.73 Å². The molecule has 4 nitrogen and oxygen atoms in total. The molecule has 0 atom stereocenters. The monoisotopic (exact) mass is 333 g/mol. The zero-order valence-electron chi connectivity index (χ0n) is 15.4. The minimum Gasteiger partial charge on any atom is -0.374 e. The second-order valence-corrected chi connectivity index (χ2v) is 9.33. The maximum absolute atomic E-state index is 5.70. The largest absolute Gasteiger partial charge is 0.374 e. The predicted octanol–water partition coefficient (Wildman–Crippen LogP) is 3.55. The number of hydrogen-bond acceptors (Lipinski definition) is 4. The molecule has 0 bridgehead atoms. The SMILES string of the molecule is Cc1cc(C(C)(C)C)[n+](CCc2nnc(N)s2)c(C(C)(C)C)c1. The Morgan fingerprint density at radius 1 is 1.00 bits per heavy atom. The summed E-state index contributed by atoms with van der Waals surface area (Å²) < 4.78 is 2.46. The van der Waals surface area contributed by atoms with Crippen LogP contribution >= 0.6 is 11.3 Å². The summed E-state index contributed by atoms with van der Waals surface area (Å²) in [5, 5.41) is 9.62. The van der Waals surface area contributed by atoms with E-state index in [0.29, 0.717) is 5.13 Å². The highest BCUT2D eigenvalue weighted by atomic mass is 32.1. The van der Waals surface area contributed by atoms with Crippen LogP contribution in [0.15, 0.2) is 12.1 Å². The van der Waals surface area contributed by atoms with Crippen LogP contribution in [0.25, 0.3) is 0 Å². The summed E-state index contributed by atoms with van der Waals surface area (Å²) in [6.07, 6.45) is 0.856. The van der Waals surface area contributed by atoms with Crippen LogP contribution in [0.1, 0.15) is 63.5 Å². The van der Waals surface area contributed by atoms with E-state index in [9.17, 15) is 0 Å². The van der Waals surface area contributed by atoms with Crippen molar-refractivity contribution in [3.63, 3.8) is 0 Å². The van der Waals surface area contributed by atoms with Gasteiger partial charge in [0.15, 0.2) is 17.9 Å². The quantitative estimate of drug-likeness (QED) is 0.874. The second kappa shape index (κ2) is 6.19. The molecule has 2 aromatic rings. The summed E-state index contributed by atoms with van der Waals surface area (Å²) in [5.41, 5.74) is 9.92.